The molecule has 0 radical (unpaired) electrons. The number of nitrogens with zero attached hydrogens (tertiary/aromatic N) is 4. The van der Waals surface area contributed by atoms with Gasteiger partial charge in [0.1, 0.15) is 5.69 Å². The van der Waals surface area contributed by atoms with Crippen LogP contribution in [0.2, 0.25) is 0 Å². The van der Waals surface area contributed by atoms with Gasteiger partial charge in [-0.05, 0) is 38.1 Å². The first-order chi connectivity index (χ1) is 17.1. The Labute approximate surface area is 204 Å². The number of hydrogen-bond acceptors (Lipinski definition) is 10. The van der Waals surface area contributed by atoms with Crippen LogP contribution in [0.25, 0.3) is 34.0 Å². The van der Waals surface area contributed by atoms with Crippen molar-refractivity contribution >= 4 is 21.6 Å². The molecule has 2 heterocycles. The van der Waals surface area contributed by atoms with Gasteiger partial charge in [-0.15, -0.1) is 0 Å². The number of sulfone groups is 1. The van der Waals surface area contributed by atoms with Crippen LogP contribution in [0, 0.1) is 10.1 Å². The second-order valence-electron chi connectivity index (χ2n) is 7.83. The van der Waals surface area contributed by atoms with Crippen molar-refractivity contribution in [3.63, 3.8) is 0 Å². The lowest BCUT2D eigenvalue weighted by atomic mass is 10.1. The maximum Gasteiger partial charge on any atom is 0.411 e. The highest BCUT2D eigenvalue weighted by Crippen LogP contribution is 2.33. The van der Waals surface area contributed by atoms with Crippen LogP contribution < -0.4 is 10.5 Å². The van der Waals surface area contributed by atoms with E-state index in [1.54, 1.807) is 26.0 Å². The molecule has 2 aromatic carbocycles. The van der Waals surface area contributed by atoms with Gasteiger partial charge in [0.25, 0.3) is 11.6 Å². The average Bonchev–Trinajstić information content (AvgIpc) is 3.34. The van der Waals surface area contributed by atoms with Crippen molar-refractivity contribution in [2.24, 2.45) is 5.73 Å². The molecule has 0 unspecified atom stereocenters. The van der Waals surface area contributed by atoms with Crippen LogP contribution in [-0.4, -0.2) is 39.8 Å². The van der Waals surface area contributed by atoms with Gasteiger partial charge in [-0.1, -0.05) is 17.3 Å². The Bertz CT molecular complexity index is 1550. The fourth-order valence-corrected chi connectivity index (χ4v) is 4.27. The zero-order chi connectivity index (χ0) is 26.0. The predicted octanol–water partition coefficient (Wildman–Crippen LogP) is 4.01. The van der Waals surface area contributed by atoms with Crippen LogP contribution in [0.5, 0.6) is 5.88 Å². The number of aromatic nitrogens is 3. The second kappa shape index (κ2) is 9.54. The van der Waals surface area contributed by atoms with E-state index >= 15 is 0 Å². The van der Waals surface area contributed by atoms with Gasteiger partial charge in [-0.2, -0.15) is 0 Å². The molecule has 13 heteroatoms. The lowest BCUT2D eigenvalue weighted by Gasteiger charge is -2.09. The molecule has 0 atom stereocenters. The smallest absolute Gasteiger partial charge is 0.389 e. The van der Waals surface area contributed by atoms with E-state index in [0.717, 1.165) is 0 Å². The lowest BCUT2D eigenvalue weighted by Crippen LogP contribution is -2.17. The van der Waals surface area contributed by atoms with E-state index in [2.05, 4.69) is 15.1 Å². The molecule has 0 saturated carbocycles. The van der Waals surface area contributed by atoms with Gasteiger partial charge in [-0.3, -0.25) is 10.1 Å². The molecule has 184 valence electrons. The number of nitro groups is 1. The molecule has 0 aliphatic rings. The monoisotopic (exact) mass is 509 g/mol. The van der Waals surface area contributed by atoms with Gasteiger partial charge in [0.05, 0.1) is 27.0 Å². The summed E-state index contributed by atoms with van der Waals surface area (Å²) in [4.78, 5) is 30.5. The van der Waals surface area contributed by atoms with E-state index in [-0.39, 0.29) is 27.9 Å². The quantitative estimate of drug-likeness (QED) is 0.282. The van der Waals surface area contributed by atoms with Crippen LogP contribution in [0.3, 0.4) is 0 Å². The average molecular weight is 510 g/mol. The highest BCUT2D eigenvalue weighted by Gasteiger charge is 2.21. The minimum absolute atomic E-state index is 0.0193. The molecule has 0 saturated heterocycles. The summed E-state index contributed by atoms with van der Waals surface area (Å²) in [6.07, 6.45) is 0.220. The first-order valence-corrected chi connectivity index (χ1v) is 12.0. The maximum atomic E-state index is 12.4. The fourth-order valence-electron chi connectivity index (χ4n) is 3.21. The molecule has 0 bridgehead atoms. The van der Waals surface area contributed by atoms with Crippen molar-refractivity contribution in [2.45, 2.75) is 24.0 Å². The first-order valence-electron chi connectivity index (χ1n) is 10.5. The van der Waals surface area contributed by atoms with E-state index in [1.807, 2.05) is 0 Å². The molecule has 0 fully saturated rings. The molecule has 2 aromatic heterocycles. The Morgan fingerprint density at radius 3 is 2.25 bits per heavy atom. The number of rotatable bonds is 7. The Morgan fingerprint density at radius 2 is 1.67 bits per heavy atom. The van der Waals surface area contributed by atoms with E-state index < -0.39 is 26.1 Å². The van der Waals surface area contributed by atoms with Gasteiger partial charge in [0.15, 0.2) is 21.3 Å². The molecule has 1 amide bonds. The Hall–Kier alpha value is -4.65. The highest BCUT2D eigenvalue weighted by atomic mass is 32.2. The zero-order valence-corrected chi connectivity index (χ0v) is 19.8. The summed E-state index contributed by atoms with van der Waals surface area (Å²) in [6.45, 7) is 3.20. The lowest BCUT2D eigenvalue weighted by molar-refractivity contribution is -0.384. The number of amides is 1. The molecule has 0 spiro atoms. The van der Waals surface area contributed by atoms with E-state index in [0.29, 0.717) is 22.5 Å². The number of carbonyl (C=O) groups excluding carboxylic acids is 1. The SMILES string of the molecule is CC(C)S(=O)(=O)c1ccc(-c2cnc(OC(N)=O)c(-c3cc(-c4ccc([N+](=O)[O-])cc4)no3)n2)cc1. The normalized spacial score (nSPS) is 11.4. The first kappa shape index (κ1) is 24.5. The van der Waals surface area contributed by atoms with Crippen LogP contribution in [0.15, 0.2) is 70.2 Å². The van der Waals surface area contributed by atoms with E-state index in [4.69, 9.17) is 15.0 Å². The third-order valence-corrected chi connectivity index (χ3v) is 7.32. The van der Waals surface area contributed by atoms with Crippen molar-refractivity contribution in [3.05, 3.63) is 70.9 Å². The predicted molar refractivity (Wildman–Crippen MR) is 128 cm³/mol. The maximum absolute atomic E-state index is 12.4. The largest absolute Gasteiger partial charge is 0.411 e. The number of ether oxygens (including phenoxy) is 1. The van der Waals surface area contributed by atoms with Crippen LogP contribution in [0.4, 0.5) is 10.5 Å². The summed E-state index contributed by atoms with van der Waals surface area (Å²) in [5.41, 5.74) is 6.86. The number of non-ortho nitro benzene ring substituents is 1. The van der Waals surface area contributed by atoms with Gasteiger partial charge in [0.2, 0.25) is 0 Å². The summed E-state index contributed by atoms with van der Waals surface area (Å²) in [6, 6.07) is 13.3. The minimum Gasteiger partial charge on any atom is -0.389 e. The van der Waals surface area contributed by atoms with Gasteiger partial charge < -0.3 is 15.0 Å². The third kappa shape index (κ3) is 4.90. The fraction of sp³-hybridized carbons (Fsp3) is 0.130. The van der Waals surface area contributed by atoms with Crippen molar-refractivity contribution in [1.29, 1.82) is 0 Å². The van der Waals surface area contributed by atoms with Crippen molar-refractivity contribution < 1.29 is 27.4 Å². The molecule has 0 aliphatic carbocycles. The Balaban J connectivity index is 1.72. The summed E-state index contributed by atoms with van der Waals surface area (Å²) in [5, 5.41) is 14.3. The molecule has 0 aliphatic heterocycles. The Morgan fingerprint density at radius 1 is 1.06 bits per heavy atom. The van der Waals surface area contributed by atoms with E-state index in [1.165, 1.54) is 48.7 Å². The highest BCUT2D eigenvalue weighted by molar-refractivity contribution is 7.92. The summed E-state index contributed by atoms with van der Waals surface area (Å²) in [5.74, 6) is -0.135. The number of hydrogen-bond donors (Lipinski definition) is 1. The number of benzene rings is 2. The zero-order valence-electron chi connectivity index (χ0n) is 19.0. The molecule has 4 aromatic rings. The van der Waals surface area contributed by atoms with Crippen molar-refractivity contribution in [1.82, 2.24) is 15.1 Å². The van der Waals surface area contributed by atoms with Gasteiger partial charge >= 0.3 is 6.09 Å². The molecule has 2 N–H and O–H groups in total. The van der Waals surface area contributed by atoms with Crippen LogP contribution >= 0.6 is 0 Å². The number of nitrogens with two attached hydrogens (primary N) is 1. The molecule has 4 rings (SSSR count). The van der Waals surface area contributed by atoms with Gasteiger partial charge in [-0.25, -0.2) is 23.2 Å². The number of primary amides is 1. The number of carbonyl (C=O) groups is 1. The van der Waals surface area contributed by atoms with Crippen LogP contribution in [-0.2, 0) is 9.84 Å². The summed E-state index contributed by atoms with van der Waals surface area (Å²) in [7, 11) is -3.45. The van der Waals surface area contributed by atoms with E-state index in [9.17, 15) is 23.3 Å². The molecule has 36 heavy (non-hydrogen) atoms. The van der Waals surface area contributed by atoms with Crippen LogP contribution in [0.1, 0.15) is 13.8 Å². The molecule has 12 nitrogen and oxygen atoms in total. The van der Waals surface area contributed by atoms with Crippen molar-refractivity contribution in [2.75, 3.05) is 0 Å². The molecular weight excluding hydrogens is 490 g/mol. The Kier molecular flexibility index (Phi) is 6.49. The summed E-state index contributed by atoms with van der Waals surface area (Å²) >= 11 is 0. The van der Waals surface area contributed by atoms with Gasteiger partial charge in [0, 0.05) is 29.3 Å². The minimum atomic E-state index is -3.45. The number of nitro benzene ring substituents is 1. The second-order valence-corrected chi connectivity index (χ2v) is 10.3. The topological polar surface area (TPSA) is 181 Å². The third-order valence-electron chi connectivity index (χ3n) is 5.15. The van der Waals surface area contributed by atoms with Crippen molar-refractivity contribution in [3.8, 4) is 39.8 Å². The molecular formula is C23H19N5O7S. The summed E-state index contributed by atoms with van der Waals surface area (Å²) < 4.78 is 35.1. The standard InChI is InChI=1S/C23H19N5O7S/c1-13(2)36(32,33)17-9-5-15(6-10-17)19-12-25-22(34-23(24)29)21(26-19)20-11-18(27-35-20)14-3-7-16(8-4-14)28(30)31/h3-13H,1-2H3,(H2,24,29).